The van der Waals surface area contributed by atoms with Crippen molar-refractivity contribution in [2.24, 2.45) is 5.73 Å². The maximum absolute atomic E-state index is 13.7. The third-order valence-electron chi connectivity index (χ3n) is 6.79. The Hall–Kier alpha value is -3.37. The summed E-state index contributed by atoms with van der Waals surface area (Å²) in [6.07, 6.45) is 3.80. The number of fused-ring (bicyclic) bond motifs is 2. The maximum atomic E-state index is 13.7. The number of carbonyl (C=O) groups excluding carboxylic acids is 1. The van der Waals surface area contributed by atoms with Gasteiger partial charge in [-0.3, -0.25) is 4.79 Å². The molecule has 2 N–H and O–H groups in total. The molecule has 1 amide bonds. The van der Waals surface area contributed by atoms with E-state index in [1.165, 1.54) is 5.56 Å². The largest absolute Gasteiger partial charge is 0.492 e. The summed E-state index contributed by atoms with van der Waals surface area (Å²) in [5, 5.41) is 0. The van der Waals surface area contributed by atoms with Gasteiger partial charge < -0.3 is 15.4 Å². The molecule has 0 bridgehead atoms. The molecule has 2 heterocycles. The fourth-order valence-corrected chi connectivity index (χ4v) is 4.86. The lowest BCUT2D eigenvalue weighted by atomic mass is 9.74. The third kappa shape index (κ3) is 3.82. The molecule has 3 aromatic carbocycles. The molecule has 5 rings (SSSR count). The molecule has 4 nitrogen and oxygen atoms in total. The van der Waals surface area contributed by atoms with Crippen LogP contribution in [0.3, 0.4) is 0 Å². The first kappa shape index (κ1) is 20.5. The minimum atomic E-state index is -0.0205. The minimum Gasteiger partial charge on any atom is -0.492 e. The Balaban J connectivity index is 1.39. The van der Waals surface area contributed by atoms with Crippen LogP contribution in [0.4, 0.5) is 0 Å². The van der Waals surface area contributed by atoms with Crippen molar-refractivity contribution in [1.82, 2.24) is 4.90 Å². The van der Waals surface area contributed by atoms with Crippen molar-refractivity contribution in [1.29, 1.82) is 0 Å². The van der Waals surface area contributed by atoms with E-state index in [0.29, 0.717) is 26.2 Å². The minimum absolute atomic E-state index is 0.0205. The number of amides is 1. The van der Waals surface area contributed by atoms with Crippen molar-refractivity contribution in [3.8, 4) is 5.75 Å². The Bertz CT molecular complexity index is 1130. The van der Waals surface area contributed by atoms with Crippen LogP contribution in [0.1, 0.15) is 35.1 Å². The van der Waals surface area contributed by atoms with Crippen molar-refractivity contribution >= 4 is 17.6 Å². The summed E-state index contributed by atoms with van der Waals surface area (Å²) >= 11 is 0. The summed E-state index contributed by atoms with van der Waals surface area (Å²) in [6.45, 7) is 2.64. The number of rotatable bonds is 4. The molecular weight excluding hydrogens is 396 g/mol. The number of hydrogen-bond donors (Lipinski definition) is 1. The van der Waals surface area contributed by atoms with Crippen LogP contribution in [0.15, 0.2) is 78.9 Å². The quantitative estimate of drug-likeness (QED) is 0.490. The molecule has 3 aromatic rings. The number of likely N-dealkylation sites (tertiary alicyclic amines) is 1. The number of benzene rings is 3. The molecule has 0 aliphatic carbocycles. The van der Waals surface area contributed by atoms with Gasteiger partial charge in [-0.25, -0.2) is 0 Å². The molecular formula is C28H28N2O2. The molecule has 2 aliphatic rings. The highest BCUT2D eigenvalue weighted by Crippen LogP contribution is 2.46. The Kier molecular flexibility index (Phi) is 5.54. The summed E-state index contributed by atoms with van der Waals surface area (Å²) in [7, 11) is 0. The second kappa shape index (κ2) is 8.64. The summed E-state index contributed by atoms with van der Waals surface area (Å²) in [6, 6.07) is 26.3. The lowest BCUT2D eigenvalue weighted by molar-refractivity contribution is -0.126. The van der Waals surface area contributed by atoms with Crippen LogP contribution in [0.2, 0.25) is 0 Å². The summed E-state index contributed by atoms with van der Waals surface area (Å²) < 4.78 is 6.03. The van der Waals surface area contributed by atoms with Gasteiger partial charge in [0.25, 0.3) is 5.91 Å². The molecule has 0 unspecified atom stereocenters. The monoisotopic (exact) mass is 424 g/mol. The van der Waals surface area contributed by atoms with Crippen molar-refractivity contribution in [2.75, 3.05) is 19.7 Å². The van der Waals surface area contributed by atoms with E-state index in [4.69, 9.17) is 10.5 Å². The zero-order chi connectivity index (χ0) is 22.0. The van der Waals surface area contributed by atoms with Gasteiger partial charge in [-0.05, 0) is 41.7 Å². The van der Waals surface area contributed by atoms with Crippen LogP contribution >= 0.6 is 0 Å². The van der Waals surface area contributed by atoms with Crippen LogP contribution in [-0.4, -0.2) is 30.5 Å². The Morgan fingerprint density at radius 1 is 0.969 bits per heavy atom. The second-order valence-corrected chi connectivity index (χ2v) is 8.73. The first-order valence-electron chi connectivity index (χ1n) is 11.3. The number of hydrogen-bond acceptors (Lipinski definition) is 3. The van der Waals surface area contributed by atoms with Gasteiger partial charge in [-0.2, -0.15) is 0 Å². The topological polar surface area (TPSA) is 55.6 Å². The van der Waals surface area contributed by atoms with Gasteiger partial charge in [0.05, 0.1) is 6.61 Å². The van der Waals surface area contributed by atoms with E-state index >= 15 is 0 Å². The molecule has 1 fully saturated rings. The Morgan fingerprint density at radius 3 is 2.34 bits per heavy atom. The summed E-state index contributed by atoms with van der Waals surface area (Å²) in [5.74, 6) is 1.06. The summed E-state index contributed by atoms with van der Waals surface area (Å²) in [4.78, 5) is 15.7. The number of carbonyl (C=O) groups is 1. The van der Waals surface area contributed by atoms with Crippen molar-refractivity contribution in [2.45, 2.75) is 24.8 Å². The molecule has 1 spiro atoms. The van der Waals surface area contributed by atoms with Crippen molar-refractivity contribution < 1.29 is 9.53 Å². The summed E-state index contributed by atoms with van der Waals surface area (Å²) in [5.41, 5.74) is 11.0. The van der Waals surface area contributed by atoms with E-state index in [2.05, 4.69) is 6.07 Å². The third-order valence-corrected chi connectivity index (χ3v) is 6.79. The van der Waals surface area contributed by atoms with E-state index in [0.717, 1.165) is 40.9 Å². The SMILES string of the molecule is NCc1ccc2c(c1)C1(CCN(C(=O)/C(=C/c3ccccc3)c3ccccc3)CC1)CO2. The average molecular weight is 425 g/mol. The van der Waals surface area contributed by atoms with E-state index in [1.54, 1.807) is 0 Å². The van der Waals surface area contributed by atoms with E-state index < -0.39 is 0 Å². The number of ether oxygens (including phenoxy) is 1. The van der Waals surface area contributed by atoms with Gasteiger partial charge in [0.2, 0.25) is 0 Å². The van der Waals surface area contributed by atoms with Crippen molar-refractivity contribution in [3.63, 3.8) is 0 Å². The standard InChI is InChI=1S/C28H28N2O2/c29-19-22-11-12-26-25(18-22)28(20-32-26)13-15-30(16-14-28)27(31)24(23-9-5-2-6-10-23)17-21-7-3-1-4-8-21/h1-12,17-18H,13-16,19-20,29H2/b24-17+. The fraction of sp³-hybridized carbons (Fsp3) is 0.250. The molecule has 4 heteroatoms. The van der Waals surface area contributed by atoms with Gasteiger partial charge in [-0.15, -0.1) is 0 Å². The molecule has 2 aliphatic heterocycles. The molecule has 0 radical (unpaired) electrons. The Labute approximate surface area is 189 Å². The number of nitrogens with two attached hydrogens (primary N) is 1. The Morgan fingerprint density at radius 2 is 1.66 bits per heavy atom. The first-order valence-corrected chi connectivity index (χ1v) is 11.3. The van der Waals surface area contributed by atoms with Gasteiger partial charge in [0.1, 0.15) is 5.75 Å². The highest BCUT2D eigenvalue weighted by molar-refractivity contribution is 6.24. The van der Waals surface area contributed by atoms with Crippen LogP contribution in [-0.2, 0) is 16.8 Å². The number of piperidine rings is 1. The van der Waals surface area contributed by atoms with Gasteiger partial charge in [-0.1, -0.05) is 72.8 Å². The first-order chi connectivity index (χ1) is 15.7. The maximum Gasteiger partial charge on any atom is 0.254 e. The predicted octanol–water partition coefficient (Wildman–Crippen LogP) is 4.64. The predicted molar refractivity (Wildman–Crippen MR) is 128 cm³/mol. The van der Waals surface area contributed by atoms with Crippen LogP contribution in [0.5, 0.6) is 5.75 Å². The highest BCUT2D eigenvalue weighted by atomic mass is 16.5. The zero-order valence-electron chi connectivity index (χ0n) is 18.2. The van der Waals surface area contributed by atoms with E-state index in [-0.39, 0.29) is 11.3 Å². The molecule has 32 heavy (non-hydrogen) atoms. The lowest BCUT2D eigenvalue weighted by Crippen LogP contribution is -2.46. The lowest BCUT2D eigenvalue weighted by Gasteiger charge is -2.39. The average Bonchev–Trinajstić information content (AvgIpc) is 3.21. The van der Waals surface area contributed by atoms with Crippen molar-refractivity contribution in [3.05, 3.63) is 101 Å². The van der Waals surface area contributed by atoms with Crippen LogP contribution in [0.25, 0.3) is 11.6 Å². The zero-order valence-corrected chi connectivity index (χ0v) is 18.2. The molecule has 1 saturated heterocycles. The molecule has 0 aromatic heterocycles. The van der Waals surface area contributed by atoms with Gasteiger partial charge in [0.15, 0.2) is 0 Å². The smallest absolute Gasteiger partial charge is 0.254 e. The van der Waals surface area contributed by atoms with Crippen LogP contribution < -0.4 is 10.5 Å². The van der Waals surface area contributed by atoms with Gasteiger partial charge in [0, 0.05) is 36.2 Å². The van der Waals surface area contributed by atoms with E-state index in [9.17, 15) is 4.79 Å². The van der Waals surface area contributed by atoms with E-state index in [1.807, 2.05) is 83.8 Å². The highest BCUT2D eigenvalue weighted by Gasteiger charge is 2.44. The normalized spacial score (nSPS) is 17.2. The molecule has 162 valence electrons. The van der Waals surface area contributed by atoms with Crippen LogP contribution in [0, 0.1) is 0 Å². The number of nitrogens with zero attached hydrogens (tertiary/aromatic N) is 1. The molecule has 0 atom stereocenters. The van der Waals surface area contributed by atoms with Gasteiger partial charge >= 0.3 is 0 Å². The second-order valence-electron chi connectivity index (χ2n) is 8.73. The molecule has 0 saturated carbocycles. The fourth-order valence-electron chi connectivity index (χ4n) is 4.86.